The van der Waals surface area contributed by atoms with E-state index in [1.165, 1.54) is 0 Å². The molecule has 3 unspecified atom stereocenters. The number of carbonyl (C=O) groups is 3. The lowest BCUT2D eigenvalue weighted by atomic mass is 9.87. The number of hydrogen-bond donors (Lipinski definition) is 2. The van der Waals surface area contributed by atoms with Crippen LogP contribution in [0.3, 0.4) is 0 Å². The predicted octanol–water partition coefficient (Wildman–Crippen LogP) is 6.80. The van der Waals surface area contributed by atoms with Crippen molar-refractivity contribution in [2.45, 2.75) is 124 Å². The van der Waals surface area contributed by atoms with Gasteiger partial charge in [-0.2, -0.15) is 0 Å². The molecule has 3 amide bonds. The van der Waals surface area contributed by atoms with Crippen molar-refractivity contribution in [3.05, 3.63) is 70.8 Å². The Bertz CT molecular complexity index is 1150. The van der Waals surface area contributed by atoms with E-state index in [0.29, 0.717) is 6.42 Å². The second-order valence-electron chi connectivity index (χ2n) is 12.7. The van der Waals surface area contributed by atoms with Gasteiger partial charge in [0.25, 0.3) is 0 Å². The van der Waals surface area contributed by atoms with Gasteiger partial charge in [0, 0.05) is 18.0 Å². The van der Waals surface area contributed by atoms with Crippen LogP contribution in [0.5, 0.6) is 0 Å². The second-order valence-corrected chi connectivity index (χ2v) is 12.7. The van der Waals surface area contributed by atoms with E-state index < -0.39 is 29.3 Å². The molecule has 0 saturated heterocycles. The Balaban J connectivity index is 2.72. The molecule has 0 fully saturated rings. The molecule has 0 spiro atoms. The van der Waals surface area contributed by atoms with Gasteiger partial charge in [-0.25, -0.2) is 4.79 Å². The van der Waals surface area contributed by atoms with Crippen molar-refractivity contribution in [2.24, 2.45) is 0 Å². The largest absolute Gasteiger partial charge is 0.444 e. The van der Waals surface area contributed by atoms with Gasteiger partial charge < -0.3 is 20.3 Å². The SMILES string of the molecule is CCCC(C)NC(=O)C(c1c(C)cccc1C)N(C(=O)C(Cc1ccccc1)NC(=O)OC(C)(C)C)C(C)(C)CC. The standard InChI is InChI=1S/C34H51N3O4/c1-11-17-25(5)35-30(38)29(28-23(3)18-16-19-24(28)4)37(34(9,10)12-2)31(39)27(22-26-20-14-13-15-21-26)36-32(40)41-33(6,7)8/h13-16,18-21,25,27,29H,11-12,17,22H2,1-10H3,(H,35,38)(H,36,40). The molecule has 0 radical (unpaired) electrons. The highest BCUT2D eigenvalue weighted by atomic mass is 16.6. The molecule has 226 valence electrons. The fourth-order valence-corrected chi connectivity index (χ4v) is 5.08. The van der Waals surface area contributed by atoms with E-state index in [9.17, 15) is 14.4 Å². The zero-order chi connectivity index (χ0) is 31.0. The summed E-state index contributed by atoms with van der Waals surface area (Å²) in [5, 5.41) is 6.03. The highest BCUT2D eigenvalue weighted by Crippen LogP contribution is 2.35. The molecule has 3 atom stereocenters. The van der Waals surface area contributed by atoms with Crippen LogP contribution in [0.2, 0.25) is 0 Å². The van der Waals surface area contributed by atoms with Gasteiger partial charge in [-0.1, -0.05) is 68.8 Å². The van der Waals surface area contributed by atoms with Crippen LogP contribution in [0.1, 0.15) is 103 Å². The van der Waals surface area contributed by atoms with E-state index in [1.54, 1.807) is 25.7 Å². The van der Waals surface area contributed by atoms with Crippen LogP contribution in [0.15, 0.2) is 48.5 Å². The Morgan fingerprint density at radius 3 is 1.98 bits per heavy atom. The first kappa shape index (κ1) is 33.9. The average Bonchev–Trinajstić information content (AvgIpc) is 2.86. The molecule has 7 heteroatoms. The topological polar surface area (TPSA) is 87.7 Å². The summed E-state index contributed by atoms with van der Waals surface area (Å²) < 4.78 is 5.56. The third kappa shape index (κ3) is 9.61. The molecular formula is C34H51N3O4. The van der Waals surface area contributed by atoms with Crippen LogP contribution in [-0.2, 0) is 20.7 Å². The van der Waals surface area contributed by atoms with Gasteiger partial charge in [0.05, 0.1) is 0 Å². The van der Waals surface area contributed by atoms with Crippen molar-refractivity contribution in [1.29, 1.82) is 0 Å². The molecule has 2 N–H and O–H groups in total. The predicted molar refractivity (Wildman–Crippen MR) is 166 cm³/mol. The minimum absolute atomic E-state index is 0.0546. The highest BCUT2D eigenvalue weighted by Gasteiger charge is 2.44. The number of rotatable bonds is 12. The fourth-order valence-electron chi connectivity index (χ4n) is 5.08. The summed E-state index contributed by atoms with van der Waals surface area (Å²) >= 11 is 0. The second kappa shape index (κ2) is 14.5. The van der Waals surface area contributed by atoms with E-state index in [1.807, 2.05) is 90.1 Å². The summed E-state index contributed by atoms with van der Waals surface area (Å²) in [5.74, 6) is -0.563. The van der Waals surface area contributed by atoms with Crippen molar-refractivity contribution < 1.29 is 19.1 Å². The number of amides is 3. The third-order valence-electron chi connectivity index (χ3n) is 7.46. The zero-order valence-electron chi connectivity index (χ0n) is 26.8. The van der Waals surface area contributed by atoms with Crippen LogP contribution in [0.4, 0.5) is 4.79 Å². The van der Waals surface area contributed by atoms with E-state index >= 15 is 0 Å². The van der Waals surface area contributed by atoms with Gasteiger partial charge in [-0.3, -0.25) is 9.59 Å². The summed E-state index contributed by atoms with van der Waals surface area (Å²) in [5.41, 5.74) is 2.10. The monoisotopic (exact) mass is 565 g/mol. The van der Waals surface area contributed by atoms with Crippen LogP contribution in [0.25, 0.3) is 0 Å². The van der Waals surface area contributed by atoms with Crippen molar-refractivity contribution >= 4 is 17.9 Å². The summed E-state index contributed by atoms with van der Waals surface area (Å²) in [6, 6.07) is 13.6. The Morgan fingerprint density at radius 1 is 0.878 bits per heavy atom. The van der Waals surface area contributed by atoms with E-state index in [0.717, 1.165) is 35.1 Å². The first-order valence-electron chi connectivity index (χ1n) is 14.8. The highest BCUT2D eigenvalue weighted by molar-refractivity contribution is 5.93. The third-order valence-corrected chi connectivity index (χ3v) is 7.46. The minimum Gasteiger partial charge on any atom is -0.444 e. The maximum Gasteiger partial charge on any atom is 0.408 e. The molecule has 2 rings (SSSR count). The maximum absolute atomic E-state index is 14.8. The maximum atomic E-state index is 14.8. The first-order chi connectivity index (χ1) is 19.1. The van der Waals surface area contributed by atoms with E-state index in [4.69, 9.17) is 4.74 Å². The molecule has 0 aliphatic carbocycles. The lowest BCUT2D eigenvalue weighted by molar-refractivity contribution is -0.149. The number of hydrogen-bond acceptors (Lipinski definition) is 4. The Morgan fingerprint density at radius 2 is 1.46 bits per heavy atom. The van der Waals surface area contributed by atoms with Crippen LogP contribution >= 0.6 is 0 Å². The number of nitrogens with one attached hydrogen (secondary N) is 2. The number of benzene rings is 2. The number of carbonyl (C=O) groups excluding carboxylic acids is 3. The van der Waals surface area contributed by atoms with Crippen LogP contribution < -0.4 is 10.6 Å². The van der Waals surface area contributed by atoms with Crippen molar-refractivity contribution in [1.82, 2.24) is 15.5 Å². The quantitative estimate of drug-likeness (QED) is 0.296. The fraction of sp³-hybridized carbons (Fsp3) is 0.559. The Labute approximate surface area is 247 Å². The number of alkyl carbamates (subject to hydrolysis) is 1. The van der Waals surface area contributed by atoms with Gasteiger partial charge in [0.2, 0.25) is 11.8 Å². The Kier molecular flexibility index (Phi) is 12.0. The smallest absolute Gasteiger partial charge is 0.408 e. The molecule has 41 heavy (non-hydrogen) atoms. The van der Waals surface area contributed by atoms with E-state index in [2.05, 4.69) is 17.6 Å². The number of ether oxygens (including phenoxy) is 1. The van der Waals surface area contributed by atoms with Crippen molar-refractivity contribution in [2.75, 3.05) is 0 Å². The summed E-state index contributed by atoms with van der Waals surface area (Å²) in [6.45, 7) is 19.3. The Hall–Kier alpha value is -3.35. The summed E-state index contributed by atoms with van der Waals surface area (Å²) in [4.78, 5) is 43.7. The zero-order valence-corrected chi connectivity index (χ0v) is 26.8. The summed E-state index contributed by atoms with van der Waals surface area (Å²) in [7, 11) is 0. The van der Waals surface area contributed by atoms with Gasteiger partial charge in [0.1, 0.15) is 17.7 Å². The lowest BCUT2D eigenvalue weighted by Crippen LogP contribution is -2.60. The molecule has 7 nitrogen and oxygen atoms in total. The number of aryl methyl sites for hydroxylation is 2. The van der Waals surface area contributed by atoms with Gasteiger partial charge in [-0.05, 0) is 90.5 Å². The molecule has 0 bridgehead atoms. The first-order valence-corrected chi connectivity index (χ1v) is 14.8. The number of nitrogens with zero attached hydrogens (tertiary/aromatic N) is 1. The van der Waals surface area contributed by atoms with Crippen molar-refractivity contribution in [3.63, 3.8) is 0 Å². The van der Waals surface area contributed by atoms with Gasteiger partial charge in [-0.15, -0.1) is 0 Å². The molecule has 0 aliphatic rings. The molecule has 2 aromatic rings. The molecule has 0 heterocycles. The molecule has 2 aromatic carbocycles. The average molecular weight is 566 g/mol. The van der Waals surface area contributed by atoms with Gasteiger partial charge >= 0.3 is 6.09 Å². The molecule has 0 aliphatic heterocycles. The molecule has 0 saturated carbocycles. The van der Waals surface area contributed by atoms with Crippen LogP contribution in [-0.4, -0.2) is 46.0 Å². The normalized spacial score (nSPS) is 14.0. The summed E-state index contributed by atoms with van der Waals surface area (Å²) in [6.07, 6.45) is 1.93. The lowest BCUT2D eigenvalue weighted by Gasteiger charge is -2.45. The van der Waals surface area contributed by atoms with E-state index in [-0.39, 0.29) is 24.3 Å². The van der Waals surface area contributed by atoms with Gasteiger partial charge in [0.15, 0.2) is 0 Å². The molecular weight excluding hydrogens is 514 g/mol. The minimum atomic E-state index is -0.953. The van der Waals surface area contributed by atoms with Crippen LogP contribution in [0, 0.1) is 13.8 Å². The van der Waals surface area contributed by atoms with Crippen molar-refractivity contribution in [3.8, 4) is 0 Å². The molecule has 0 aromatic heterocycles.